The molecule has 8 heteroatoms. The van der Waals surface area contributed by atoms with Crippen LogP contribution in [0.3, 0.4) is 0 Å². The Balaban J connectivity index is 1.36. The Kier molecular flexibility index (Phi) is 5.71. The number of furan rings is 1. The Labute approximate surface area is 176 Å². The van der Waals surface area contributed by atoms with E-state index in [1.54, 1.807) is 31.2 Å². The molecule has 2 aromatic carbocycles. The van der Waals surface area contributed by atoms with Gasteiger partial charge in [0, 0.05) is 11.3 Å². The van der Waals surface area contributed by atoms with Crippen LogP contribution in [0.1, 0.15) is 36.7 Å². The first-order valence-corrected chi connectivity index (χ1v) is 9.82. The number of alkyl halides is 3. The normalized spacial score (nSPS) is 14.6. The van der Waals surface area contributed by atoms with E-state index < -0.39 is 11.7 Å². The molecule has 0 aliphatic heterocycles. The van der Waals surface area contributed by atoms with E-state index in [1.807, 2.05) is 0 Å². The highest BCUT2D eigenvalue weighted by Gasteiger charge is 2.30. The van der Waals surface area contributed by atoms with E-state index >= 15 is 0 Å². The van der Waals surface area contributed by atoms with Crippen molar-refractivity contribution in [1.29, 1.82) is 0 Å². The van der Waals surface area contributed by atoms with Gasteiger partial charge < -0.3 is 14.0 Å². The predicted octanol–water partition coefficient (Wildman–Crippen LogP) is 5.75. The number of hydrogen-bond donors (Lipinski definition) is 0. The zero-order valence-electron chi connectivity index (χ0n) is 16.7. The first kappa shape index (κ1) is 21.0. The van der Waals surface area contributed by atoms with Gasteiger partial charge in [0.05, 0.1) is 5.56 Å². The molecule has 0 bridgehead atoms. The van der Waals surface area contributed by atoms with E-state index in [1.165, 1.54) is 12.1 Å². The molecule has 0 N–H and O–H groups in total. The monoisotopic (exact) mass is 431 g/mol. The number of fused-ring (bicyclic) bond motifs is 1. The highest BCUT2D eigenvalue weighted by molar-refractivity contribution is 5.99. The largest absolute Gasteiger partial charge is 0.486 e. The molecular formula is C23H20F3NO4. The molecule has 0 saturated heterocycles. The van der Waals surface area contributed by atoms with Crippen molar-refractivity contribution in [2.45, 2.75) is 32.5 Å². The molecule has 1 heterocycles. The minimum atomic E-state index is -4.37. The highest BCUT2D eigenvalue weighted by Crippen LogP contribution is 2.31. The first-order valence-electron chi connectivity index (χ1n) is 9.82. The highest BCUT2D eigenvalue weighted by atomic mass is 19.4. The fourth-order valence-corrected chi connectivity index (χ4v) is 3.01. The molecule has 162 valence electrons. The van der Waals surface area contributed by atoms with Crippen molar-refractivity contribution in [1.82, 2.24) is 0 Å². The topological polar surface area (TPSA) is 61.0 Å². The zero-order chi connectivity index (χ0) is 22.0. The Hall–Kier alpha value is -3.29. The molecule has 4 rings (SSSR count). The van der Waals surface area contributed by atoms with Crippen LogP contribution >= 0.6 is 0 Å². The van der Waals surface area contributed by atoms with Crippen LogP contribution in [0.15, 0.2) is 58.1 Å². The van der Waals surface area contributed by atoms with Crippen LogP contribution in [-0.2, 0) is 22.4 Å². The Bertz CT molecular complexity index is 1110. The van der Waals surface area contributed by atoms with E-state index in [4.69, 9.17) is 14.0 Å². The summed E-state index contributed by atoms with van der Waals surface area (Å²) in [7, 11) is 0. The maximum absolute atomic E-state index is 12.6. The molecule has 1 fully saturated rings. The summed E-state index contributed by atoms with van der Waals surface area (Å²) in [5.74, 6) is 1.36. The van der Waals surface area contributed by atoms with Crippen molar-refractivity contribution in [3.63, 3.8) is 0 Å². The van der Waals surface area contributed by atoms with Gasteiger partial charge in [-0.1, -0.05) is 17.3 Å². The summed E-state index contributed by atoms with van der Waals surface area (Å²) in [6.45, 7) is 1.80. The van der Waals surface area contributed by atoms with Crippen molar-refractivity contribution in [2.75, 3.05) is 6.61 Å². The van der Waals surface area contributed by atoms with Crippen LogP contribution in [0.4, 0.5) is 13.2 Å². The minimum absolute atomic E-state index is 0.0305. The number of benzene rings is 2. The summed E-state index contributed by atoms with van der Waals surface area (Å²) in [6.07, 6.45) is -2.47. The predicted molar refractivity (Wildman–Crippen MR) is 108 cm³/mol. The van der Waals surface area contributed by atoms with E-state index in [-0.39, 0.29) is 24.9 Å². The number of oxime groups is 1. The summed E-state index contributed by atoms with van der Waals surface area (Å²) in [6, 6.07) is 11.8. The number of hydrogen-bond acceptors (Lipinski definition) is 5. The van der Waals surface area contributed by atoms with Crippen LogP contribution in [0.5, 0.6) is 5.75 Å². The lowest BCUT2D eigenvalue weighted by molar-refractivity contribution is -0.137. The second kappa shape index (κ2) is 8.45. The molecule has 31 heavy (non-hydrogen) atoms. The van der Waals surface area contributed by atoms with Crippen molar-refractivity contribution in [2.24, 2.45) is 11.1 Å². The van der Waals surface area contributed by atoms with Crippen molar-refractivity contribution in [3.05, 3.63) is 65.4 Å². The average Bonchev–Trinajstić information content (AvgIpc) is 3.50. The van der Waals surface area contributed by atoms with Crippen LogP contribution in [-0.4, -0.2) is 18.1 Å². The fourth-order valence-electron chi connectivity index (χ4n) is 3.01. The van der Waals surface area contributed by atoms with Gasteiger partial charge in [-0.05, 0) is 61.7 Å². The van der Waals surface area contributed by atoms with Crippen molar-refractivity contribution < 1.29 is 32.0 Å². The summed E-state index contributed by atoms with van der Waals surface area (Å²) in [4.78, 5) is 17.0. The minimum Gasteiger partial charge on any atom is -0.486 e. The molecule has 3 aromatic rings. The molecule has 1 aliphatic carbocycles. The summed E-state index contributed by atoms with van der Waals surface area (Å²) < 4.78 is 49.1. The molecular weight excluding hydrogens is 411 g/mol. The molecule has 5 nitrogen and oxygen atoms in total. The molecule has 1 saturated carbocycles. The van der Waals surface area contributed by atoms with E-state index in [2.05, 4.69) is 5.16 Å². The van der Waals surface area contributed by atoms with Crippen LogP contribution in [0, 0.1) is 5.92 Å². The number of ether oxygens (including phenoxy) is 1. The van der Waals surface area contributed by atoms with Gasteiger partial charge in [-0.3, -0.25) is 4.79 Å². The maximum Gasteiger partial charge on any atom is 0.416 e. The molecule has 1 aliphatic rings. The van der Waals surface area contributed by atoms with Gasteiger partial charge in [-0.15, -0.1) is 0 Å². The number of ketones is 1. The van der Waals surface area contributed by atoms with Gasteiger partial charge in [-0.2, -0.15) is 13.2 Å². The van der Waals surface area contributed by atoms with Gasteiger partial charge in [-0.25, -0.2) is 0 Å². The van der Waals surface area contributed by atoms with Gasteiger partial charge in [0.25, 0.3) is 0 Å². The number of carbonyl (C=O) groups is 1. The number of halogens is 3. The second-order valence-corrected chi connectivity index (χ2v) is 7.48. The number of carbonyl (C=O) groups excluding carboxylic acids is 1. The summed E-state index contributed by atoms with van der Waals surface area (Å²) in [5.41, 5.74) is 0.970. The van der Waals surface area contributed by atoms with Gasteiger partial charge in [0.1, 0.15) is 30.3 Å². The van der Waals surface area contributed by atoms with Crippen LogP contribution < -0.4 is 4.74 Å². The summed E-state index contributed by atoms with van der Waals surface area (Å²) >= 11 is 0. The summed E-state index contributed by atoms with van der Waals surface area (Å²) in [5, 5.41) is 4.78. The zero-order valence-corrected chi connectivity index (χ0v) is 16.7. The smallest absolute Gasteiger partial charge is 0.416 e. The Morgan fingerprint density at radius 1 is 1.13 bits per heavy atom. The average molecular weight is 431 g/mol. The van der Waals surface area contributed by atoms with E-state index in [0.29, 0.717) is 28.4 Å². The second-order valence-electron chi connectivity index (χ2n) is 7.48. The number of Topliss-reactive ketones (excluding diaryl/α,β-unsaturated/α-hetero) is 1. The lowest BCUT2D eigenvalue weighted by atomic mass is 10.1. The Morgan fingerprint density at radius 2 is 1.87 bits per heavy atom. The quantitative estimate of drug-likeness (QED) is 0.337. The molecule has 0 radical (unpaired) electrons. The standard InChI is InChI=1S/C23H20F3NO4/c1-14(27-30-12-15-2-6-18(7-3-15)23(24,25)26)22-11-17-10-19(8-9-21(17)31-22)29-13-20(28)16-4-5-16/h2-3,6-11,16H,4-5,12-13H2,1H3. The molecule has 1 aromatic heterocycles. The Morgan fingerprint density at radius 3 is 2.55 bits per heavy atom. The third-order valence-electron chi connectivity index (χ3n) is 4.97. The van der Waals surface area contributed by atoms with Crippen LogP contribution in [0.25, 0.3) is 11.0 Å². The fraction of sp³-hybridized carbons (Fsp3) is 0.304. The SMILES string of the molecule is CC(=NOCc1ccc(C(F)(F)F)cc1)c1cc2cc(OCC(=O)C3CC3)ccc2o1. The first-order chi connectivity index (χ1) is 14.8. The third kappa shape index (κ3) is 5.25. The molecule has 0 spiro atoms. The lowest BCUT2D eigenvalue weighted by Crippen LogP contribution is -2.12. The number of rotatable bonds is 8. The number of nitrogens with zero attached hydrogens (tertiary/aromatic N) is 1. The van der Waals surface area contributed by atoms with Crippen molar-refractivity contribution >= 4 is 22.5 Å². The van der Waals surface area contributed by atoms with Gasteiger partial charge in [0.15, 0.2) is 11.5 Å². The lowest BCUT2D eigenvalue weighted by Gasteiger charge is -2.07. The van der Waals surface area contributed by atoms with Crippen molar-refractivity contribution in [3.8, 4) is 5.75 Å². The molecule has 0 unspecified atom stereocenters. The van der Waals surface area contributed by atoms with E-state index in [0.717, 1.165) is 30.4 Å². The maximum atomic E-state index is 12.6. The van der Waals surface area contributed by atoms with Gasteiger partial charge in [0.2, 0.25) is 0 Å². The molecule has 0 atom stereocenters. The van der Waals surface area contributed by atoms with Crippen LogP contribution in [0.2, 0.25) is 0 Å². The third-order valence-corrected chi connectivity index (χ3v) is 4.97. The van der Waals surface area contributed by atoms with Gasteiger partial charge >= 0.3 is 6.18 Å². The van der Waals surface area contributed by atoms with E-state index in [9.17, 15) is 18.0 Å². The molecule has 0 amide bonds.